The van der Waals surface area contributed by atoms with Gasteiger partial charge in [0, 0.05) is 24.6 Å². The second-order valence-electron chi connectivity index (χ2n) is 7.00. The number of nitrogens with zero attached hydrogens (tertiary/aromatic N) is 3. The first-order chi connectivity index (χ1) is 13.9. The Bertz CT molecular complexity index is 1230. The van der Waals surface area contributed by atoms with Gasteiger partial charge in [-0.3, -0.25) is 4.79 Å². The predicted molar refractivity (Wildman–Crippen MR) is 117 cm³/mol. The molecule has 1 atom stereocenters. The van der Waals surface area contributed by atoms with E-state index in [1.54, 1.807) is 30.3 Å². The molecule has 1 amide bonds. The first kappa shape index (κ1) is 20.5. The number of para-hydroxylation sites is 1. The summed E-state index contributed by atoms with van der Waals surface area (Å²) in [5, 5.41) is 0. The second kappa shape index (κ2) is 8.14. The van der Waals surface area contributed by atoms with Gasteiger partial charge in [-0.05, 0) is 53.0 Å². The molecule has 0 saturated carbocycles. The summed E-state index contributed by atoms with van der Waals surface area (Å²) in [5.41, 5.74) is 0.987. The van der Waals surface area contributed by atoms with Crippen molar-refractivity contribution in [1.29, 1.82) is 0 Å². The highest BCUT2D eigenvalue weighted by atomic mass is 79.9. The molecule has 1 aromatic heterocycles. The Morgan fingerprint density at radius 1 is 1.17 bits per heavy atom. The molecule has 4 rings (SSSR count). The van der Waals surface area contributed by atoms with E-state index in [2.05, 4.69) is 20.9 Å². The summed E-state index contributed by atoms with van der Waals surface area (Å²) in [6, 6.07) is 14.2. The van der Waals surface area contributed by atoms with Gasteiger partial charge in [0.05, 0.1) is 21.0 Å². The number of fused-ring (bicyclic) bond motifs is 1. The second-order valence-corrected chi connectivity index (χ2v) is 10.8. The Balaban J connectivity index is 1.61. The van der Waals surface area contributed by atoms with E-state index in [0.717, 1.165) is 14.7 Å². The van der Waals surface area contributed by atoms with Crippen molar-refractivity contribution < 1.29 is 13.2 Å². The summed E-state index contributed by atoms with van der Waals surface area (Å²) >= 11 is 4.99. The van der Waals surface area contributed by atoms with Crippen LogP contribution in [0.4, 0.5) is 0 Å². The molecule has 9 heteroatoms. The molecule has 1 aliphatic rings. The van der Waals surface area contributed by atoms with Crippen LogP contribution < -0.4 is 4.80 Å². The van der Waals surface area contributed by atoms with Crippen molar-refractivity contribution in [3.8, 4) is 0 Å². The van der Waals surface area contributed by atoms with Crippen molar-refractivity contribution in [3.63, 3.8) is 0 Å². The number of amides is 1. The van der Waals surface area contributed by atoms with Crippen LogP contribution in [0.15, 0.2) is 62.9 Å². The number of halogens is 1. The minimum absolute atomic E-state index is 0.165. The molecular weight excluding hydrogens is 474 g/mol. The first-order valence-corrected chi connectivity index (χ1v) is 12.3. The van der Waals surface area contributed by atoms with Gasteiger partial charge in [-0.1, -0.05) is 35.6 Å². The van der Waals surface area contributed by atoms with Crippen molar-refractivity contribution in [2.45, 2.75) is 17.7 Å². The smallest absolute Gasteiger partial charge is 0.252 e. The Hall–Kier alpha value is -1.81. The van der Waals surface area contributed by atoms with Crippen LogP contribution in [0.25, 0.3) is 10.2 Å². The number of sulfonamides is 1. The van der Waals surface area contributed by atoms with E-state index >= 15 is 0 Å². The maximum absolute atomic E-state index is 12.9. The Morgan fingerprint density at radius 3 is 2.66 bits per heavy atom. The molecule has 0 bridgehead atoms. The van der Waals surface area contributed by atoms with Crippen LogP contribution in [0.2, 0.25) is 0 Å². The fourth-order valence-electron chi connectivity index (χ4n) is 3.55. The Labute approximate surface area is 181 Å². The number of piperidine rings is 1. The lowest BCUT2D eigenvalue weighted by molar-refractivity contribution is -0.122. The highest BCUT2D eigenvalue weighted by Gasteiger charge is 2.33. The fraction of sp³-hybridized carbons (Fsp3) is 0.300. The van der Waals surface area contributed by atoms with E-state index in [1.807, 2.05) is 29.8 Å². The number of benzene rings is 2. The number of hydrogen-bond acceptors (Lipinski definition) is 4. The minimum atomic E-state index is -3.60. The Morgan fingerprint density at radius 2 is 1.93 bits per heavy atom. The minimum Gasteiger partial charge on any atom is -0.318 e. The topological polar surface area (TPSA) is 71.7 Å². The quantitative estimate of drug-likeness (QED) is 0.560. The van der Waals surface area contributed by atoms with Crippen LogP contribution in [-0.4, -0.2) is 36.3 Å². The van der Waals surface area contributed by atoms with Crippen molar-refractivity contribution in [1.82, 2.24) is 8.87 Å². The SMILES string of the molecule is Cn1c(=NC(=O)C2CCCN(S(=O)(=O)c3ccccc3)C2)sc2cccc(Br)c21. The number of carbonyl (C=O) groups excluding carboxylic acids is 1. The Kier molecular flexibility index (Phi) is 5.74. The highest BCUT2D eigenvalue weighted by Crippen LogP contribution is 2.26. The summed E-state index contributed by atoms with van der Waals surface area (Å²) in [4.78, 5) is 18.1. The molecule has 0 spiro atoms. The van der Waals surface area contributed by atoms with Gasteiger partial charge in [0.25, 0.3) is 5.91 Å². The average Bonchev–Trinajstić information content (AvgIpc) is 3.05. The van der Waals surface area contributed by atoms with Gasteiger partial charge in [0.2, 0.25) is 10.0 Å². The van der Waals surface area contributed by atoms with Crippen molar-refractivity contribution >= 4 is 53.4 Å². The van der Waals surface area contributed by atoms with Gasteiger partial charge < -0.3 is 4.57 Å². The van der Waals surface area contributed by atoms with Crippen molar-refractivity contribution in [2.24, 2.45) is 18.0 Å². The largest absolute Gasteiger partial charge is 0.318 e. The van der Waals surface area contributed by atoms with Crippen molar-refractivity contribution in [2.75, 3.05) is 13.1 Å². The van der Waals surface area contributed by atoms with E-state index < -0.39 is 15.9 Å². The lowest BCUT2D eigenvalue weighted by Crippen LogP contribution is -2.42. The number of thiazole rings is 1. The maximum atomic E-state index is 12.9. The monoisotopic (exact) mass is 493 g/mol. The molecule has 1 unspecified atom stereocenters. The third kappa shape index (κ3) is 3.96. The normalized spacial score (nSPS) is 19.0. The van der Waals surface area contributed by atoms with Crippen LogP contribution in [-0.2, 0) is 21.9 Å². The van der Waals surface area contributed by atoms with Gasteiger partial charge >= 0.3 is 0 Å². The zero-order valence-electron chi connectivity index (χ0n) is 15.8. The van der Waals surface area contributed by atoms with Gasteiger partial charge in [-0.15, -0.1) is 0 Å². The molecule has 1 fully saturated rings. The van der Waals surface area contributed by atoms with Crippen LogP contribution in [0.5, 0.6) is 0 Å². The molecule has 0 N–H and O–H groups in total. The van der Waals surface area contributed by atoms with E-state index in [1.165, 1.54) is 15.6 Å². The third-order valence-corrected chi connectivity index (χ3v) is 8.71. The van der Waals surface area contributed by atoms with Crippen LogP contribution in [0.3, 0.4) is 0 Å². The zero-order valence-corrected chi connectivity index (χ0v) is 19.0. The zero-order chi connectivity index (χ0) is 20.6. The average molecular weight is 494 g/mol. The van der Waals surface area contributed by atoms with Crippen LogP contribution >= 0.6 is 27.3 Å². The molecular formula is C20H20BrN3O3S2. The molecule has 0 radical (unpaired) electrons. The number of aryl methyl sites for hydroxylation is 1. The molecule has 2 aromatic carbocycles. The van der Waals surface area contributed by atoms with Crippen molar-refractivity contribution in [3.05, 3.63) is 57.8 Å². The number of aromatic nitrogens is 1. The third-order valence-electron chi connectivity index (χ3n) is 5.09. The van der Waals surface area contributed by atoms with E-state index in [9.17, 15) is 13.2 Å². The highest BCUT2D eigenvalue weighted by molar-refractivity contribution is 9.10. The summed E-state index contributed by atoms with van der Waals surface area (Å²) in [6.45, 7) is 0.586. The molecule has 1 saturated heterocycles. The molecule has 0 aliphatic carbocycles. The summed E-state index contributed by atoms with van der Waals surface area (Å²) in [6.07, 6.45) is 1.28. The molecule has 2 heterocycles. The van der Waals surface area contributed by atoms with E-state index in [4.69, 9.17) is 0 Å². The summed E-state index contributed by atoms with van der Waals surface area (Å²) in [7, 11) is -1.73. The molecule has 29 heavy (non-hydrogen) atoms. The predicted octanol–water partition coefficient (Wildman–Crippen LogP) is 3.53. The lowest BCUT2D eigenvalue weighted by atomic mass is 9.99. The fourth-order valence-corrected chi connectivity index (χ4v) is 6.91. The molecule has 3 aromatic rings. The first-order valence-electron chi connectivity index (χ1n) is 9.26. The van der Waals surface area contributed by atoms with E-state index in [-0.39, 0.29) is 17.3 Å². The maximum Gasteiger partial charge on any atom is 0.252 e. The number of carbonyl (C=O) groups is 1. The molecule has 152 valence electrons. The van der Waals surface area contributed by atoms with Gasteiger partial charge in [-0.25, -0.2) is 8.42 Å². The number of hydrogen-bond donors (Lipinski definition) is 0. The van der Waals surface area contributed by atoms with Crippen LogP contribution in [0, 0.1) is 5.92 Å². The number of rotatable bonds is 3. The van der Waals surface area contributed by atoms with Gasteiger partial charge in [0.15, 0.2) is 4.80 Å². The molecule has 1 aliphatic heterocycles. The summed E-state index contributed by atoms with van der Waals surface area (Å²) in [5.74, 6) is -0.702. The van der Waals surface area contributed by atoms with Gasteiger partial charge in [0.1, 0.15) is 0 Å². The standard InChI is InChI=1S/C20H20BrN3O3S2/c1-23-18-16(21)10-5-11-17(18)28-20(23)22-19(25)14-7-6-12-24(13-14)29(26,27)15-8-3-2-4-9-15/h2-5,8-11,14H,6-7,12-13H2,1H3. The lowest BCUT2D eigenvalue weighted by Gasteiger charge is -2.30. The van der Waals surface area contributed by atoms with Crippen LogP contribution in [0.1, 0.15) is 12.8 Å². The summed E-state index contributed by atoms with van der Waals surface area (Å²) < 4.78 is 31.1. The molecule has 6 nitrogen and oxygen atoms in total. The van der Waals surface area contributed by atoms with Gasteiger partial charge in [-0.2, -0.15) is 9.30 Å². The van der Waals surface area contributed by atoms with E-state index in [0.29, 0.717) is 24.2 Å².